The molecule has 1 atom stereocenters. The van der Waals surface area contributed by atoms with Gasteiger partial charge in [-0.2, -0.15) is 5.10 Å². The molecule has 2 heterocycles. The highest BCUT2D eigenvalue weighted by molar-refractivity contribution is 6.18. The maximum atomic E-state index is 6.17. The van der Waals surface area contributed by atoms with Crippen LogP contribution < -0.4 is 5.43 Å². The monoisotopic (exact) mass is 300 g/mol. The summed E-state index contributed by atoms with van der Waals surface area (Å²) in [5, 5.41) is 6.94. The summed E-state index contributed by atoms with van der Waals surface area (Å²) in [7, 11) is 0. The number of hydrogen-bond acceptors (Lipinski definition) is 3. The molecular weight excluding hydrogens is 284 g/mol. The standard InChI is InChI=1S/C20H16N2O/c1-20-12-5-4-11-17(20)21-22-19(20)15-9-6-8-14-13-7-2-3-10-16(13)23-18(14)15/h2-11,21H,12H2,1H3. The number of fused-ring (bicyclic) bond motifs is 4. The van der Waals surface area contributed by atoms with Gasteiger partial charge in [-0.3, -0.25) is 5.43 Å². The number of allylic oxidation sites excluding steroid dienone is 4. The average molecular weight is 300 g/mol. The Morgan fingerprint density at radius 1 is 1.09 bits per heavy atom. The van der Waals surface area contributed by atoms with Crippen molar-refractivity contribution in [2.45, 2.75) is 13.3 Å². The zero-order valence-corrected chi connectivity index (χ0v) is 12.8. The van der Waals surface area contributed by atoms with Gasteiger partial charge in [-0.15, -0.1) is 0 Å². The highest BCUT2D eigenvalue weighted by atomic mass is 16.3. The lowest BCUT2D eigenvalue weighted by Gasteiger charge is -2.27. The number of rotatable bonds is 1. The molecule has 1 aliphatic heterocycles. The molecule has 2 aliphatic rings. The summed E-state index contributed by atoms with van der Waals surface area (Å²) in [6, 6.07) is 14.5. The highest BCUT2D eigenvalue weighted by Gasteiger charge is 2.41. The minimum Gasteiger partial charge on any atom is -0.455 e. The average Bonchev–Trinajstić information content (AvgIpc) is 3.12. The van der Waals surface area contributed by atoms with Gasteiger partial charge < -0.3 is 4.42 Å². The van der Waals surface area contributed by atoms with E-state index in [0.29, 0.717) is 0 Å². The lowest BCUT2D eigenvalue weighted by Crippen LogP contribution is -2.29. The van der Waals surface area contributed by atoms with Crippen LogP contribution in [0.4, 0.5) is 0 Å². The fraction of sp³-hybridized carbons (Fsp3) is 0.150. The molecule has 5 rings (SSSR count). The van der Waals surface area contributed by atoms with Gasteiger partial charge in [0.1, 0.15) is 11.2 Å². The summed E-state index contributed by atoms with van der Waals surface area (Å²) in [4.78, 5) is 0. The van der Waals surface area contributed by atoms with E-state index in [1.807, 2.05) is 18.2 Å². The van der Waals surface area contributed by atoms with Crippen molar-refractivity contribution in [2.75, 3.05) is 0 Å². The lowest BCUT2D eigenvalue weighted by molar-refractivity contribution is 0.552. The second kappa shape index (κ2) is 4.35. The first-order valence-corrected chi connectivity index (χ1v) is 7.89. The van der Waals surface area contributed by atoms with Crippen molar-refractivity contribution < 1.29 is 4.42 Å². The predicted octanol–water partition coefficient (Wildman–Crippen LogP) is 4.74. The molecule has 0 saturated carbocycles. The van der Waals surface area contributed by atoms with Gasteiger partial charge in [-0.05, 0) is 31.6 Å². The molecule has 0 bridgehead atoms. The first kappa shape index (κ1) is 12.7. The van der Waals surface area contributed by atoms with Crippen molar-refractivity contribution in [3.8, 4) is 0 Å². The summed E-state index contributed by atoms with van der Waals surface area (Å²) in [6.45, 7) is 2.24. The predicted molar refractivity (Wildman–Crippen MR) is 93.3 cm³/mol. The van der Waals surface area contributed by atoms with Crippen LogP contribution in [0.15, 0.2) is 75.9 Å². The molecule has 0 amide bonds. The van der Waals surface area contributed by atoms with Crippen LogP contribution in [0.25, 0.3) is 21.9 Å². The maximum absolute atomic E-state index is 6.17. The van der Waals surface area contributed by atoms with E-state index in [-0.39, 0.29) is 5.41 Å². The first-order chi connectivity index (χ1) is 11.3. The van der Waals surface area contributed by atoms with Gasteiger partial charge >= 0.3 is 0 Å². The Balaban J connectivity index is 1.78. The first-order valence-electron chi connectivity index (χ1n) is 7.89. The zero-order chi connectivity index (χ0) is 15.4. The van der Waals surface area contributed by atoms with Gasteiger partial charge in [0.05, 0.1) is 11.1 Å². The van der Waals surface area contributed by atoms with E-state index in [9.17, 15) is 0 Å². The van der Waals surface area contributed by atoms with Crippen molar-refractivity contribution in [1.29, 1.82) is 0 Å². The van der Waals surface area contributed by atoms with Crippen molar-refractivity contribution in [3.05, 3.63) is 72.0 Å². The van der Waals surface area contributed by atoms with Gasteiger partial charge in [0.15, 0.2) is 0 Å². The summed E-state index contributed by atoms with van der Waals surface area (Å²) < 4.78 is 6.17. The summed E-state index contributed by atoms with van der Waals surface area (Å²) >= 11 is 0. The van der Waals surface area contributed by atoms with E-state index in [1.54, 1.807) is 0 Å². The molecule has 23 heavy (non-hydrogen) atoms. The van der Waals surface area contributed by atoms with E-state index >= 15 is 0 Å². The van der Waals surface area contributed by atoms with Crippen molar-refractivity contribution in [2.24, 2.45) is 10.5 Å². The quantitative estimate of drug-likeness (QED) is 0.704. The molecule has 3 nitrogen and oxygen atoms in total. The molecule has 3 heteroatoms. The second-order valence-corrected chi connectivity index (χ2v) is 6.40. The molecule has 0 saturated heterocycles. The number of nitrogens with one attached hydrogen (secondary N) is 1. The third-order valence-corrected chi connectivity index (χ3v) is 4.99. The number of furan rings is 1. The number of nitrogens with zero attached hydrogens (tertiary/aromatic N) is 1. The molecular formula is C20H16N2O. The number of hydrazone groups is 1. The van der Waals surface area contributed by atoms with Crippen LogP contribution in [0.1, 0.15) is 18.9 Å². The van der Waals surface area contributed by atoms with Gasteiger partial charge in [0, 0.05) is 22.0 Å². The Bertz CT molecular complexity index is 1040. The number of para-hydroxylation sites is 2. The Hall–Kier alpha value is -2.81. The SMILES string of the molecule is CC12CC=CC=C1NN=C2c1cccc2c1oc1ccccc12. The smallest absolute Gasteiger partial charge is 0.144 e. The van der Waals surface area contributed by atoms with E-state index in [0.717, 1.165) is 45.3 Å². The molecule has 1 aliphatic carbocycles. The zero-order valence-electron chi connectivity index (χ0n) is 12.8. The lowest BCUT2D eigenvalue weighted by atomic mass is 9.75. The minimum atomic E-state index is -0.109. The molecule has 1 aromatic heterocycles. The van der Waals surface area contributed by atoms with E-state index in [1.165, 1.54) is 0 Å². The molecule has 1 unspecified atom stereocenters. The Morgan fingerprint density at radius 2 is 1.96 bits per heavy atom. The summed E-state index contributed by atoms with van der Waals surface area (Å²) in [6.07, 6.45) is 7.34. The van der Waals surface area contributed by atoms with Crippen LogP contribution in [0.5, 0.6) is 0 Å². The van der Waals surface area contributed by atoms with Crippen LogP contribution in [0.3, 0.4) is 0 Å². The Morgan fingerprint density at radius 3 is 2.91 bits per heavy atom. The number of benzene rings is 2. The van der Waals surface area contributed by atoms with E-state index < -0.39 is 0 Å². The third-order valence-electron chi connectivity index (χ3n) is 4.99. The molecule has 3 aromatic rings. The summed E-state index contributed by atoms with van der Waals surface area (Å²) in [5.41, 5.74) is 8.22. The largest absolute Gasteiger partial charge is 0.455 e. The minimum absolute atomic E-state index is 0.109. The second-order valence-electron chi connectivity index (χ2n) is 6.40. The molecule has 0 fully saturated rings. The molecule has 112 valence electrons. The molecule has 0 spiro atoms. The van der Waals surface area contributed by atoms with Crippen molar-refractivity contribution in [3.63, 3.8) is 0 Å². The van der Waals surface area contributed by atoms with E-state index in [4.69, 9.17) is 4.42 Å². The highest BCUT2D eigenvalue weighted by Crippen LogP contribution is 2.42. The normalized spacial score (nSPS) is 22.8. The summed E-state index contributed by atoms with van der Waals surface area (Å²) in [5.74, 6) is 0. The van der Waals surface area contributed by atoms with Gasteiger partial charge in [0.2, 0.25) is 0 Å². The fourth-order valence-electron chi connectivity index (χ4n) is 3.68. The Labute approximate surface area is 134 Å². The van der Waals surface area contributed by atoms with Gasteiger partial charge in [0.25, 0.3) is 0 Å². The van der Waals surface area contributed by atoms with Crippen LogP contribution in [0, 0.1) is 5.41 Å². The van der Waals surface area contributed by atoms with Crippen molar-refractivity contribution >= 4 is 27.7 Å². The van der Waals surface area contributed by atoms with Crippen molar-refractivity contribution in [1.82, 2.24) is 5.43 Å². The van der Waals surface area contributed by atoms with Crippen LogP contribution in [-0.4, -0.2) is 5.71 Å². The van der Waals surface area contributed by atoms with Crippen LogP contribution in [-0.2, 0) is 0 Å². The van der Waals surface area contributed by atoms with Gasteiger partial charge in [-0.25, -0.2) is 0 Å². The van der Waals surface area contributed by atoms with Crippen LogP contribution in [0.2, 0.25) is 0 Å². The molecule has 1 N–H and O–H groups in total. The maximum Gasteiger partial charge on any atom is 0.144 e. The fourth-order valence-corrected chi connectivity index (χ4v) is 3.68. The third kappa shape index (κ3) is 1.62. The topological polar surface area (TPSA) is 37.5 Å². The molecule has 0 radical (unpaired) electrons. The number of hydrogen-bond donors (Lipinski definition) is 1. The van der Waals surface area contributed by atoms with Gasteiger partial charge in [-0.1, -0.05) is 42.5 Å². The molecule has 2 aromatic carbocycles. The van der Waals surface area contributed by atoms with Crippen LogP contribution >= 0.6 is 0 Å². The Kier molecular flexibility index (Phi) is 2.41. The van der Waals surface area contributed by atoms with E-state index in [2.05, 4.69) is 59.9 Å².